The lowest BCUT2D eigenvalue weighted by molar-refractivity contribution is 0.0489. The summed E-state index contributed by atoms with van der Waals surface area (Å²) >= 11 is 0. The van der Waals surface area contributed by atoms with Gasteiger partial charge in [0.2, 0.25) is 0 Å². The smallest absolute Gasteiger partial charge is 0.193 e. The Kier molecular flexibility index (Phi) is 5.72. The number of anilines is 1. The quantitative estimate of drug-likeness (QED) is 0.372. The molecular weight excluding hydrogens is 466 g/mol. The number of fused-ring (bicyclic) bond motifs is 2. The molecule has 0 radical (unpaired) electrons. The second-order valence-electron chi connectivity index (χ2n) is 9.75. The molecule has 10 heteroatoms. The lowest BCUT2D eigenvalue weighted by Gasteiger charge is -2.21. The van der Waals surface area contributed by atoms with Crippen molar-refractivity contribution in [3.05, 3.63) is 42.3 Å². The van der Waals surface area contributed by atoms with Crippen LogP contribution in [-0.4, -0.2) is 65.0 Å². The number of alkyl halides is 1. The Bertz CT molecular complexity index is 1440. The SMILES string of the molecule is COCOc1c(-c2ccc3nc(N4CCC(NC5(CF)CC5)C4)ccc3n2)cc2cn(C)nc2c1F. The highest BCUT2D eigenvalue weighted by molar-refractivity contribution is 5.89. The third-order valence-electron chi connectivity index (χ3n) is 7.07. The van der Waals surface area contributed by atoms with Gasteiger partial charge in [0, 0.05) is 56.0 Å². The van der Waals surface area contributed by atoms with Crippen molar-refractivity contribution in [3.8, 4) is 17.0 Å². The number of ether oxygens (including phenoxy) is 2. The van der Waals surface area contributed by atoms with E-state index in [0.717, 1.165) is 43.7 Å². The van der Waals surface area contributed by atoms with Crippen molar-refractivity contribution in [2.75, 3.05) is 38.6 Å². The Balaban J connectivity index is 1.30. The second kappa shape index (κ2) is 8.94. The highest BCUT2D eigenvalue weighted by atomic mass is 19.1. The van der Waals surface area contributed by atoms with Crippen LogP contribution < -0.4 is 15.0 Å². The van der Waals surface area contributed by atoms with Crippen molar-refractivity contribution in [1.82, 2.24) is 25.1 Å². The maximum Gasteiger partial charge on any atom is 0.193 e. The highest BCUT2D eigenvalue weighted by Gasteiger charge is 2.45. The number of benzene rings is 1. The molecule has 1 N–H and O–H groups in total. The van der Waals surface area contributed by atoms with E-state index in [1.807, 2.05) is 30.3 Å². The molecule has 1 unspecified atom stereocenters. The topological polar surface area (TPSA) is 77.3 Å². The minimum absolute atomic E-state index is 0.0526. The summed E-state index contributed by atoms with van der Waals surface area (Å²) in [5.41, 5.74) is 2.48. The fraction of sp³-hybridized carbons (Fsp3) is 0.423. The van der Waals surface area contributed by atoms with Crippen LogP contribution in [0.4, 0.5) is 14.6 Å². The van der Waals surface area contributed by atoms with E-state index in [1.165, 1.54) is 7.11 Å². The molecule has 8 nitrogen and oxygen atoms in total. The zero-order chi connectivity index (χ0) is 24.9. The average Bonchev–Trinajstić information content (AvgIpc) is 3.32. The van der Waals surface area contributed by atoms with Crippen molar-refractivity contribution >= 4 is 27.8 Å². The summed E-state index contributed by atoms with van der Waals surface area (Å²) in [5, 5.41) is 8.37. The number of methoxy groups -OCH3 is 1. The van der Waals surface area contributed by atoms with E-state index in [1.54, 1.807) is 17.9 Å². The first-order chi connectivity index (χ1) is 17.5. The molecular formula is C26H28F2N6O2. The van der Waals surface area contributed by atoms with Crippen molar-refractivity contribution in [2.24, 2.45) is 7.05 Å². The first-order valence-electron chi connectivity index (χ1n) is 12.1. The third kappa shape index (κ3) is 4.14. The van der Waals surface area contributed by atoms with Gasteiger partial charge in [0.25, 0.3) is 0 Å². The van der Waals surface area contributed by atoms with Crippen molar-refractivity contribution < 1.29 is 18.3 Å². The monoisotopic (exact) mass is 494 g/mol. The summed E-state index contributed by atoms with van der Waals surface area (Å²) < 4.78 is 40.8. The molecule has 0 spiro atoms. The van der Waals surface area contributed by atoms with E-state index >= 15 is 4.39 Å². The van der Waals surface area contributed by atoms with E-state index in [-0.39, 0.29) is 36.3 Å². The number of rotatable bonds is 8. The zero-order valence-corrected chi connectivity index (χ0v) is 20.3. The van der Waals surface area contributed by atoms with Gasteiger partial charge in [0.1, 0.15) is 18.0 Å². The van der Waals surface area contributed by atoms with Gasteiger partial charge in [-0.1, -0.05) is 0 Å². The van der Waals surface area contributed by atoms with Crippen LogP contribution in [-0.2, 0) is 11.8 Å². The van der Waals surface area contributed by atoms with Gasteiger partial charge in [-0.2, -0.15) is 5.10 Å². The number of nitrogens with zero attached hydrogens (tertiary/aromatic N) is 5. The molecule has 1 aliphatic heterocycles. The van der Waals surface area contributed by atoms with Crippen molar-refractivity contribution in [2.45, 2.75) is 30.8 Å². The van der Waals surface area contributed by atoms with E-state index in [9.17, 15) is 4.39 Å². The van der Waals surface area contributed by atoms with Crippen LogP contribution in [0.5, 0.6) is 5.75 Å². The van der Waals surface area contributed by atoms with Gasteiger partial charge in [-0.15, -0.1) is 0 Å². The van der Waals surface area contributed by atoms with Gasteiger partial charge in [-0.3, -0.25) is 4.68 Å². The molecule has 6 rings (SSSR count). The lowest BCUT2D eigenvalue weighted by atomic mass is 10.1. The molecule has 4 aromatic rings. The molecule has 0 amide bonds. The van der Waals surface area contributed by atoms with Gasteiger partial charge in [-0.05, 0) is 49.6 Å². The van der Waals surface area contributed by atoms with E-state index < -0.39 is 5.82 Å². The minimum Gasteiger partial charge on any atom is -0.464 e. The molecule has 1 aromatic carbocycles. The Morgan fingerprint density at radius 2 is 1.97 bits per heavy atom. The molecule has 1 aliphatic carbocycles. The molecule has 36 heavy (non-hydrogen) atoms. The van der Waals surface area contributed by atoms with Crippen LogP contribution in [0.15, 0.2) is 36.5 Å². The fourth-order valence-corrected chi connectivity index (χ4v) is 4.99. The maximum atomic E-state index is 15.3. The molecule has 2 fully saturated rings. The molecule has 0 bridgehead atoms. The van der Waals surface area contributed by atoms with Gasteiger partial charge in [0.05, 0.1) is 16.7 Å². The highest BCUT2D eigenvalue weighted by Crippen LogP contribution is 2.38. The van der Waals surface area contributed by atoms with Gasteiger partial charge < -0.3 is 19.7 Å². The Morgan fingerprint density at radius 3 is 2.75 bits per heavy atom. The van der Waals surface area contributed by atoms with Crippen LogP contribution in [0.3, 0.4) is 0 Å². The summed E-state index contributed by atoms with van der Waals surface area (Å²) in [6.45, 7) is 1.27. The molecule has 3 aromatic heterocycles. The summed E-state index contributed by atoms with van der Waals surface area (Å²) in [5.74, 6) is 0.378. The molecule has 1 atom stereocenters. The Hall–Kier alpha value is -3.37. The summed E-state index contributed by atoms with van der Waals surface area (Å²) in [7, 11) is 3.23. The second-order valence-corrected chi connectivity index (χ2v) is 9.75. The number of pyridine rings is 2. The standard InChI is InChI=1S/C26H28F2N6O2/c1-33-12-16-11-18(25(36-15-35-2)23(28)24(16)32-33)19-3-4-21-20(29-19)5-6-22(30-21)34-10-7-17(13-34)31-26(14-27)8-9-26/h3-6,11-12,17,31H,7-10,13-15H2,1-2H3. The van der Waals surface area contributed by atoms with Crippen LogP contribution >= 0.6 is 0 Å². The summed E-state index contributed by atoms with van der Waals surface area (Å²) in [4.78, 5) is 11.8. The summed E-state index contributed by atoms with van der Waals surface area (Å²) in [6.07, 6.45) is 4.55. The Labute approximate surface area is 207 Å². The number of hydrogen-bond acceptors (Lipinski definition) is 7. The number of hydrogen-bond donors (Lipinski definition) is 1. The largest absolute Gasteiger partial charge is 0.464 e. The molecule has 4 heterocycles. The van der Waals surface area contributed by atoms with E-state index in [4.69, 9.17) is 19.4 Å². The zero-order valence-electron chi connectivity index (χ0n) is 20.3. The molecule has 2 aliphatic rings. The normalized spacial score (nSPS) is 18.9. The number of halogens is 2. The molecule has 1 saturated heterocycles. The van der Waals surface area contributed by atoms with Crippen LogP contribution in [0, 0.1) is 5.82 Å². The molecule has 188 valence electrons. The van der Waals surface area contributed by atoms with Gasteiger partial charge in [0.15, 0.2) is 18.4 Å². The Morgan fingerprint density at radius 1 is 1.17 bits per heavy atom. The number of nitrogens with one attached hydrogen (secondary N) is 1. The predicted molar refractivity (Wildman–Crippen MR) is 133 cm³/mol. The first-order valence-corrected chi connectivity index (χ1v) is 12.1. The number of aromatic nitrogens is 4. The third-order valence-corrected chi connectivity index (χ3v) is 7.07. The van der Waals surface area contributed by atoms with Gasteiger partial charge >= 0.3 is 0 Å². The van der Waals surface area contributed by atoms with Crippen LogP contribution in [0.25, 0.3) is 33.2 Å². The lowest BCUT2D eigenvalue weighted by Crippen LogP contribution is -2.43. The van der Waals surface area contributed by atoms with E-state index in [0.29, 0.717) is 22.2 Å². The summed E-state index contributed by atoms with van der Waals surface area (Å²) in [6, 6.07) is 9.69. The first kappa shape index (κ1) is 23.1. The van der Waals surface area contributed by atoms with Crippen molar-refractivity contribution in [3.63, 3.8) is 0 Å². The number of aryl methyl sites for hydroxylation is 1. The maximum absolute atomic E-state index is 15.3. The van der Waals surface area contributed by atoms with E-state index in [2.05, 4.69) is 15.3 Å². The average molecular weight is 495 g/mol. The molecule has 1 saturated carbocycles. The minimum atomic E-state index is -0.548. The van der Waals surface area contributed by atoms with Crippen LogP contribution in [0.1, 0.15) is 19.3 Å². The van der Waals surface area contributed by atoms with Crippen LogP contribution in [0.2, 0.25) is 0 Å². The fourth-order valence-electron chi connectivity index (χ4n) is 4.99. The predicted octanol–water partition coefficient (Wildman–Crippen LogP) is 3.98. The van der Waals surface area contributed by atoms with Crippen molar-refractivity contribution in [1.29, 1.82) is 0 Å². The van der Waals surface area contributed by atoms with Gasteiger partial charge in [-0.25, -0.2) is 18.7 Å².